The van der Waals surface area contributed by atoms with Crippen LogP contribution in [0.25, 0.3) is 0 Å². The molecule has 1 aromatic rings. The summed E-state index contributed by atoms with van der Waals surface area (Å²) in [5, 5.41) is 6.10. The molecule has 5 rings (SSSR count). The minimum Gasteiger partial charge on any atom is -0.497 e. The van der Waals surface area contributed by atoms with E-state index < -0.39 is 18.1 Å². The van der Waals surface area contributed by atoms with Crippen LogP contribution in [-0.2, 0) is 14.4 Å². The highest BCUT2D eigenvalue weighted by atomic mass is 16.5. The maximum atomic E-state index is 13.6. The smallest absolute Gasteiger partial charge is 0.254 e. The molecule has 182 valence electrons. The number of likely N-dealkylation sites (tertiary alicyclic amines) is 1. The Balaban J connectivity index is 1.30. The minimum absolute atomic E-state index is 0.0236. The van der Waals surface area contributed by atoms with Crippen LogP contribution in [0.2, 0.25) is 0 Å². The summed E-state index contributed by atoms with van der Waals surface area (Å²) in [6, 6.07) is 4.79. The van der Waals surface area contributed by atoms with Gasteiger partial charge in [0, 0.05) is 30.6 Å². The predicted octanol–water partition coefficient (Wildman–Crippen LogP) is 1.07. The molecule has 3 heterocycles. The van der Waals surface area contributed by atoms with E-state index in [2.05, 4.69) is 10.6 Å². The first kappa shape index (κ1) is 22.7. The van der Waals surface area contributed by atoms with E-state index in [-0.39, 0.29) is 35.6 Å². The number of methoxy groups -OCH3 is 1. The summed E-state index contributed by atoms with van der Waals surface area (Å²) < 4.78 is 5.17. The molecule has 9 nitrogen and oxygen atoms in total. The van der Waals surface area contributed by atoms with E-state index in [9.17, 15) is 19.2 Å². The summed E-state index contributed by atoms with van der Waals surface area (Å²) in [6.07, 6.45) is 6.05. The highest BCUT2D eigenvalue weighted by Gasteiger charge is 2.52. The van der Waals surface area contributed by atoms with Crippen molar-refractivity contribution in [2.75, 3.05) is 20.2 Å². The van der Waals surface area contributed by atoms with Crippen molar-refractivity contribution in [1.29, 1.82) is 0 Å². The average Bonchev–Trinajstić information content (AvgIpc) is 3.46. The van der Waals surface area contributed by atoms with Gasteiger partial charge in [-0.15, -0.1) is 0 Å². The molecule has 0 radical (unpaired) electrons. The van der Waals surface area contributed by atoms with Gasteiger partial charge >= 0.3 is 0 Å². The third-order valence-corrected chi connectivity index (χ3v) is 7.79. The molecular weight excluding hydrogens is 436 g/mol. The van der Waals surface area contributed by atoms with E-state index in [0.29, 0.717) is 37.2 Å². The van der Waals surface area contributed by atoms with Crippen molar-refractivity contribution in [2.24, 2.45) is 5.92 Å². The first-order valence-electron chi connectivity index (χ1n) is 12.3. The number of carbonyl (C=O) groups is 4. The zero-order chi connectivity index (χ0) is 23.8. The van der Waals surface area contributed by atoms with Crippen molar-refractivity contribution in [3.63, 3.8) is 0 Å². The molecule has 1 aliphatic carbocycles. The predicted molar refractivity (Wildman–Crippen MR) is 123 cm³/mol. The SMILES string of the molecule is COc1ccc(C(=O)N2CC[C@@H]3NC(=O)[C@H]4C[C@H](NC(=O)C5CCCCC5)CN4C(=O)[C@H]32)cc1. The lowest BCUT2D eigenvalue weighted by Gasteiger charge is -2.29. The van der Waals surface area contributed by atoms with E-state index in [1.165, 1.54) is 6.42 Å². The van der Waals surface area contributed by atoms with Gasteiger partial charge in [0.1, 0.15) is 17.8 Å². The van der Waals surface area contributed by atoms with Crippen molar-refractivity contribution in [3.05, 3.63) is 29.8 Å². The van der Waals surface area contributed by atoms with Gasteiger partial charge in [-0.1, -0.05) is 19.3 Å². The number of nitrogens with one attached hydrogen (secondary N) is 2. The monoisotopic (exact) mass is 468 g/mol. The molecule has 4 aliphatic rings. The fraction of sp³-hybridized carbons (Fsp3) is 0.600. The first-order chi connectivity index (χ1) is 16.5. The maximum absolute atomic E-state index is 13.6. The molecule has 2 N–H and O–H groups in total. The molecule has 1 saturated carbocycles. The number of hydrogen-bond donors (Lipinski definition) is 2. The quantitative estimate of drug-likeness (QED) is 0.688. The molecule has 0 spiro atoms. The zero-order valence-corrected chi connectivity index (χ0v) is 19.5. The van der Waals surface area contributed by atoms with Crippen LogP contribution in [0.4, 0.5) is 0 Å². The number of amides is 4. The Kier molecular flexibility index (Phi) is 6.18. The summed E-state index contributed by atoms with van der Waals surface area (Å²) in [5.41, 5.74) is 0.473. The number of hydrogen-bond acceptors (Lipinski definition) is 5. The minimum atomic E-state index is -0.739. The van der Waals surface area contributed by atoms with Gasteiger partial charge < -0.3 is 25.2 Å². The molecular formula is C25H32N4O5. The Labute approximate surface area is 199 Å². The Hall–Kier alpha value is -3.10. The van der Waals surface area contributed by atoms with Crippen LogP contribution in [0, 0.1) is 5.92 Å². The van der Waals surface area contributed by atoms with Crippen LogP contribution >= 0.6 is 0 Å². The topological polar surface area (TPSA) is 108 Å². The number of rotatable bonds is 4. The molecule has 9 heteroatoms. The van der Waals surface area contributed by atoms with E-state index >= 15 is 0 Å². The number of nitrogens with zero attached hydrogens (tertiary/aromatic N) is 2. The van der Waals surface area contributed by atoms with Crippen molar-refractivity contribution in [2.45, 2.75) is 69.1 Å². The van der Waals surface area contributed by atoms with Crippen molar-refractivity contribution < 1.29 is 23.9 Å². The number of carbonyl (C=O) groups excluding carboxylic acids is 4. The molecule has 0 unspecified atom stereocenters. The molecule has 1 aromatic carbocycles. The zero-order valence-electron chi connectivity index (χ0n) is 19.5. The van der Waals surface area contributed by atoms with Gasteiger partial charge in [0.2, 0.25) is 17.7 Å². The van der Waals surface area contributed by atoms with Crippen LogP contribution in [0.15, 0.2) is 24.3 Å². The van der Waals surface area contributed by atoms with Gasteiger partial charge in [-0.05, 0) is 49.9 Å². The van der Waals surface area contributed by atoms with Crippen LogP contribution in [0.5, 0.6) is 5.75 Å². The highest BCUT2D eigenvalue weighted by molar-refractivity contribution is 6.01. The fourth-order valence-electron chi connectivity index (χ4n) is 5.94. The molecule has 4 atom stereocenters. The highest BCUT2D eigenvalue weighted by Crippen LogP contribution is 2.31. The lowest BCUT2D eigenvalue weighted by atomic mass is 9.88. The molecule has 34 heavy (non-hydrogen) atoms. The molecule has 0 bridgehead atoms. The second-order valence-electron chi connectivity index (χ2n) is 9.86. The summed E-state index contributed by atoms with van der Waals surface area (Å²) in [6.45, 7) is 0.690. The second kappa shape index (κ2) is 9.27. The molecule has 3 saturated heterocycles. The third kappa shape index (κ3) is 4.12. The van der Waals surface area contributed by atoms with Gasteiger partial charge in [0.05, 0.1) is 13.2 Å². The van der Waals surface area contributed by atoms with Crippen molar-refractivity contribution in [1.82, 2.24) is 20.4 Å². The third-order valence-electron chi connectivity index (χ3n) is 7.79. The van der Waals surface area contributed by atoms with Gasteiger partial charge in [0.25, 0.3) is 5.91 Å². The number of benzene rings is 1. The maximum Gasteiger partial charge on any atom is 0.254 e. The summed E-state index contributed by atoms with van der Waals surface area (Å²) in [4.78, 5) is 55.8. The van der Waals surface area contributed by atoms with E-state index in [1.807, 2.05) is 0 Å². The standard InChI is InChI=1S/C25H32N4O5/c1-34-18-9-7-16(8-10-18)24(32)28-12-11-19-21(28)25(33)29-14-17(13-20(29)23(31)27-19)26-22(30)15-5-3-2-4-6-15/h7-10,15,17,19-21H,2-6,11-14H2,1H3,(H,26,30)(H,27,31)/t17-,19-,20+,21-/m0/s1. The summed E-state index contributed by atoms with van der Waals surface area (Å²) in [5.74, 6) is 0.0457. The summed E-state index contributed by atoms with van der Waals surface area (Å²) >= 11 is 0. The largest absolute Gasteiger partial charge is 0.497 e. The van der Waals surface area contributed by atoms with Crippen LogP contribution in [-0.4, -0.2) is 77.8 Å². The average molecular weight is 469 g/mol. The van der Waals surface area contributed by atoms with Crippen LogP contribution in [0.1, 0.15) is 55.3 Å². The van der Waals surface area contributed by atoms with E-state index in [0.717, 1.165) is 25.7 Å². The number of ether oxygens (including phenoxy) is 1. The Morgan fingerprint density at radius 2 is 1.79 bits per heavy atom. The summed E-state index contributed by atoms with van der Waals surface area (Å²) in [7, 11) is 1.56. The van der Waals surface area contributed by atoms with Crippen molar-refractivity contribution >= 4 is 23.6 Å². The Morgan fingerprint density at radius 1 is 1.06 bits per heavy atom. The van der Waals surface area contributed by atoms with Gasteiger partial charge in [-0.3, -0.25) is 19.2 Å². The molecule has 4 fully saturated rings. The van der Waals surface area contributed by atoms with Gasteiger partial charge in [-0.2, -0.15) is 0 Å². The normalized spacial score (nSPS) is 29.2. The second-order valence-corrected chi connectivity index (χ2v) is 9.86. The lowest BCUT2D eigenvalue weighted by molar-refractivity contribution is -0.138. The van der Waals surface area contributed by atoms with Crippen molar-refractivity contribution in [3.8, 4) is 5.75 Å². The first-order valence-corrected chi connectivity index (χ1v) is 12.3. The fourth-order valence-corrected chi connectivity index (χ4v) is 5.94. The van der Waals surface area contributed by atoms with Gasteiger partial charge in [-0.25, -0.2) is 0 Å². The molecule has 3 aliphatic heterocycles. The van der Waals surface area contributed by atoms with Crippen LogP contribution < -0.4 is 15.4 Å². The lowest BCUT2D eigenvalue weighted by Crippen LogP contribution is -2.52. The Bertz CT molecular complexity index is 974. The Morgan fingerprint density at radius 3 is 2.50 bits per heavy atom. The van der Waals surface area contributed by atoms with E-state index in [4.69, 9.17) is 4.74 Å². The molecule has 4 amide bonds. The van der Waals surface area contributed by atoms with Crippen LogP contribution in [0.3, 0.4) is 0 Å². The molecule has 0 aromatic heterocycles. The number of fused-ring (bicyclic) bond motifs is 2. The van der Waals surface area contributed by atoms with Gasteiger partial charge in [0.15, 0.2) is 0 Å². The van der Waals surface area contributed by atoms with E-state index in [1.54, 1.807) is 41.2 Å².